The van der Waals surface area contributed by atoms with Gasteiger partial charge in [0.05, 0.1) is 18.8 Å². The molecule has 1 N–H and O–H groups in total. The molecule has 0 bridgehead atoms. The smallest absolute Gasteiger partial charge is 0.309 e. The quantitative estimate of drug-likeness (QED) is 0.820. The zero-order chi connectivity index (χ0) is 16.0. The molecule has 1 amide bonds. The third-order valence-corrected chi connectivity index (χ3v) is 4.35. The first-order valence-electron chi connectivity index (χ1n) is 6.88. The third-order valence-electron chi connectivity index (χ3n) is 3.15. The molecule has 1 atom stereocenters. The maximum atomic E-state index is 12.0. The van der Waals surface area contributed by atoms with E-state index in [9.17, 15) is 9.59 Å². The Balaban J connectivity index is 2.50. The minimum atomic E-state index is -0.242. The number of hydrogen-bond acceptors (Lipinski definition) is 4. The highest BCUT2D eigenvalue weighted by molar-refractivity contribution is 8.00. The van der Waals surface area contributed by atoms with E-state index in [0.29, 0.717) is 11.5 Å². The fraction of sp³-hybridized carbons (Fsp3) is 0.500. The lowest BCUT2D eigenvalue weighted by atomic mass is 10.1. The van der Waals surface area contributed by atoms with E-state index in [2.05, 4.69) is 22.2 Å². The van der Waals surface area contributed by atoms with E-state index in [4.69, 9.17) is 0 Å². The predicted octanol–water partition coefficient (Wildman–Crippen LogP) is 3.09. The van der Waals surface area contributed by atoms with Gasteiger partial charge in [-0.3, -0.25) is 9.59 Å². The minimum Gasteiger partial charge on any atom is -0.469 e. The zero-order valence-corrected chi connectivity index (χ0v) is 14.1. The van der Waals surface area contributed by atoms with Crippen molar-refractivity contribution >= 4 is 29.3 Å². The third kappa shape index (κ3) is 5.42. The van der Waals surface area contributed by atoms with E-state index in [1.807, 2.05) is 20.8 Å². The van der Waals surface area contributed by atoms with Crippen molar-refractivity contribution in [1.29, 1.82) is 0 Å². The summed E-state index contributed by atoms with van der Waals surface area (Å²) in [6, 6.07) is 4.10. The average molecular weight is 309 g/mol. The maximum Gasteiger partial charge on any atom is 0.309 e. The van der Waals surface area contributed by atoms with Crippen molar-refractivity contribution < 1.29 is 14.3 Å². The van der Waals surface area contributed by atoms with Crippen molar-refractivity contribution in [3.63, 3.8) is 0 Å². The Kier molecular flexibility index (Phi) is 6.75. The van der Waals surface area contributed by atoms with Crippen LogP contribution >= 0.6 is 11.8 Å². The Morgan fingerprint density at radius 2 is 1.81 bits per heavy atom. The molecule has 1 aromatic carbocycles. The van der Waals surface area contributed by atoms with Crippen LogP contribution < -0.4 is 5.32 Å². The molecule has 116 valence electrons. The topological polar surface area (TPSA) is 55.4 Å². The van der Waals surface area contributed by atoms with Crippen LogP contribution in [0.15, 0.2) is 12.1 Å². The predicted molar refractivity (Wildman–Crippen MR) is 87.8 cm³/mol. The molecule has 4 nitrogen and oxygen atoms in total. The van der Waals surface area contributed by atoms with Crippen molar-refractivity contribution in [1.82, 2.24) is 0 Å². The molecule has 1 unspecified atom stereocenters. The van der Waals surface area contributed by atoms with Crippen LogP contribution in [0.3, 0.4) is 0 Å². The van der Waals surface area contributed by atoms with Gasteiger partial charge in [-0.1, -0.05) is 24.6 Å². The van der Waals surface area contributed by atoms with Gasteiger partial charge in [0.15, 0.2) is 0 Å². The van der Waals surface area contributed by atoms with Gasteiger partial charge in [0, 0.05) is 11.4 Å². The highest BCUT2D eigenvalue weighted by Crippen LogP contribution is 2.22. The lowest BCUT2D eigenvalue weighted by molar-refractivity contribution is -0.144. The summed E-state index contributed by atoms with van der Waals surface area (Å²) in [7, 11) is 1.37. The Morgan fingerprint density at radius 3 is 2.33 bits per heavy atom. The van der Waals surface area contributed by atoms with Crippen LogP contribution in [0, 0.1) is 26.7 Å². The van der Waals surface area contributed by atoms with Crippen molar-refractivity contribution in [2.24, 2.45) is 5.92 Å². The number of aryl methyl sites for hydroxylation is 3. The Hall–Kier alpha value is -1.49. The molecule has 0 heterocycles. The molecule has 1 rings (SSSR count). The van der Waals surface area contributed by atoms with E-state index in [-0.39, 0.29) is 17.8 Å². The van der Waals surface area contributed by atoms with Gasteiger partial charge in [0.1, 0.15) is 0 Å². The average Bonchev–Trinajstić information content (AvgIpc) is 2.41. The lowest BCUT2D eigenvalue weighted by Gasteiger charge is -2.13. The molecule has 0 saturated carbocycles. The first kappa shape index (κ1) is 17.6. The van der Waals surface area contributed by atoms with Gasteiger partial charge in [-0.2, -0.15) is 11.8 Å². The van der Waals surface area contributed by atoms with E-state index >= 15 is 0 Å². The Labute approximate surface area is 130 Å². The Bertz CT molecular complexity index is 505. The van der Waals surface area contributed by atoms with Gasteiger partial charge >= 0.3 is 5.97 Å². The van der Waals surface area contributed by atoms with Crippen molar-refractivity contribution in [3.8, 4) is 0 Å². The number of amides is 1. The summed E-state index contributed by atoms with van der Waals surface area (Å²) >= 11 is 1.43. The van der Waals surface area contributed by atoms with Crippen LogP contribution in [0.5, 0.6) is 0 Å². The molecule has 0 aliphatic carbocycles. The van der Waals surface area contributed by atoms with Gasteiger partial charge in [0.25, 0.3) is 0 Å². The summed E-state index contributed by atoms with van der Waals surface area (Å²) in [6.45, 7) is 7.81. The number of nitrogens with one attached hydrogen (secondary N) is 1. The standard InChI is InChI=1S/C16H23NO3S/c1-10-6-11(2)15(12(3)7-10)17-14(18)9-21-8-13(4)16(19)20-5/h6-7,13H,8-9H2,1-5H3,(H,17,18). The van der Waals surface area contributed by atoms with Gasteiger partial charge < -0.3 is 10.1 Å². The van der Waals surface area contributed by atoms with E-state index in [1.54, 1.807) is 6.92 Å². The number of esters is 1. The van der Waals surface area contributed by atoms with Crippen molar-refractivity contribution in [3.05, 3.63) is 28.8 Å². The first-order valence-corrected chi connectivity index (χ1v) is 8.04. The molecular formula is C16H23NO3S. The molecule has 0 aliphatic rings. The number of rotatable bonds is 6. The fourth-order valence-corrected chi connectivity index (χ4v) is 3.02. The molecule has 0 aliphatic heterocycles. The molecule has 0 spiro atoms. The lowest BCUT2D eigenvalue weighted by Crippen LogP contribution is -2.19. The van der Waals surface area contributed by atoms with Crippen LogP contribution in [-0.4, -0.2) is 30.5 Å². The number of carbonyl (C=O) groups is 2. The summed E-state index contributed by atoms with van der Waals surface area (Å²) in [4.78, 5) is 23.2. The van der Waals surface area contributed by atoms with Crippen LogP contribution in [-0.2, 0) is 14.3 Å². The Morgan fingerprint density at radius 1 is 1.24 bits per heavy atom. The largest absolute Gasteiger partial charge is 0.469 e. The number of carbonyl (C=O) groups excluding carboxylic acids is 2. The normalized spacial score (nSPS) is 11.9. The number of hydrogen-bond donors (Lipinski definition) is 1. The second-order valence-electron chi connectivity index (χ2n) is 5.26. The van der Waals surface area contributed by atoms with Crippen molar-refractivity contribution in [2.45, 2.75) is 27.7 Å². The first-order chi connectivity index (χ1) is 9.85. The molecular weight excluding hydrogens is 286 g/mol. The summed E-state index contributed by atoms with van der Waals surface area (Å²) in [5, 5.41) is 2.95. The summed E-state index contributed by atoms with van der Waals surface area (Å²) < 4.78 is 4.66. The highest BCUT2D eigenvalue weighted by atomic mass is 32.2. The zero-order valence-electron chi connectivity index (χ0n) is 13.3. The number of benzene rings is 1. The van der Waals surface area contributed by atoms with E-state index < -0.39 is 0 Å². The molecule has 0 aromatic heterocycles. The molecule has 0 saturated heterocycles. The van der Waals surface area contributed by atoms with Crippen LogP contribution in [0.4, 0.5) is 5.69 Å². The second-order valence-corrected chi connectivity index (χ2v) is 6.29. The number of anilines is 1. The minimum absolute atomic E-state index is 0.0490. The molecule has 1 aromatic rings. The number of ether oxygens (including phenoxy) is 1. The summed E-state index contributed by atoms with van der Waals surface area (Å²) in [5.41, 5.74) is 4.19. The maximum absolute atomic E-state index is 12.0. The SMILES string of the molecule is COC(=O)C(C)CSCC(=O)Nc1c(C)cc(C)cc1C. The monoisotopic (exact) mass is 309 g/mol. The van der Waals surface area contributed by atoms with Crippen LogP contribution in [0.2, 0.25) is 0 Å². The molecule has 5 heteroatoms. The second kappa shape index (κ2) is 8.08. The number of methoxy groups -OCH3 is 1. The highest BCUT2D eigenvalue weighted by Gasteiger charge is 2.14. The molecule has 0 fully saturated rings. The molecule has 0 radical (unpaired) electrons. The van der Waals surface area contributed by atoms with Gasteiger partial charge in [0.2, 0.25) is 5.91 Å². The van der Waals surface area contributed by atoms with Gasteiger partial charge in [-0.05, 0) is 31.9 Å². The van der Waals surface area contributed by atoms with Gasteiger partial charge in [-0.25, -0.2) is 0 Å². The molecule has 21 heavy (non-hydrogen) atoms. The van der Waals surface area contributed by atoms with Crippen LogP contribution in [0.25, 0.3) is 0 Å². The summed E-state index contributed by atoms with van der Waals surface area (Å²) in [5.74, 6) is 0.413. The summed E-state index contributed by atoms with van der Waals surface area (Å²) in [6.07, 6.45) is 0. The van der Waals surface area contributed by atoms with Gasteiger partial charge in [-0.15, -0.1) is 0 Å². The van der Waals surface area contributed by atoms with Crippen LogP contribution in [0.1, 0.15) is 23.6 Å². The van der Waals surface area contributed by atoms with Crippen molar-refractivity contribution in [2.75, 3.05) is 23.9 Å². The van der Waals surface area contributed by atoms with E-state index in [1.165, 1.54) is 24.4 Å². The number of thioether (sulfide) groups is 1. The van der Waals surface area contributed by atoms with E-state index in [0.717, 1.165) is 16.8 Å². The fourth-order valence-electron chi connectivity index (χ4n) is 2.15.